The molecule has 126 valence electrons. The van der Waals surface area contributed by atoms with Crippen LogP contribution in [0.5, 0.6) is 0 Å². The quantitative estimate of drug-likeness (QED) is 0.578. The highest BCUT2D eigenvalue weighted by Gasteiger charge is 2.15. The van der Waals surface area contributed by atoms with Gasteiger partial charge in [0.1, 0.15) is 4.88 Å². The Morgan fingerprint density at radius 2 is 2.20 bits per heavy atom. The first-order valence-corrected chi connectivity index (χ1v) is 8.10. The topological polar surface area (TPSA) is 124 Å². The van der Waals surface area contributed by atoms with Crippen molar-refractivity contribution >= 4 is 23.1 Å². The Balaban J connectivity index is 1.55. The summed E-state index contributed by atoms with van der Waals surface area (Å²) in [4.78, 5) is 16.8. The summed E-state index contributed by atoms with van der Waals surface area (Å²) < 4.78 is 10.7. The van der Waals surface area contributed by atoms with E-state index in [0.29, 0.717) is 33.8 Å². The smallest absolute Gasteiger partial charge is 0.265 e. The molecule has 0 atom stereocenters. The number of aromatic nitrogens is 7. The highest BCUT2D eigenvalue weighted by atomic mass is 32.1. The van der Waals surface area contributed by atoms with Gasteiger partial charge in [0.25, 0.3) is 11.8 Å². The molecule has 0 bridgehead atoms. The van der Waals surface area contributed by atoms with E-state index in [2.05, 4.69) is 35.2 Å². The Hall–Kier alpha value is -3.21. The van der Waals surface area contributed by atoms with Crippen molar-refractivity contribution in [1.82, 2.24) is 39.6 Å². The predicted molar refractivity (Wildman–Crippen MR) is 86.8 cm³/mol. The van der Waals surface area contributed by atoms with Gasteiger partial charge in [-0.3, -0.25) is 9.20 Å². The third-order valence-corrected chi connectivity index (χ3v) is 4.35. The number of aryl methyl sites for hydroxylation is 2. The van der Waals surface area contributed by atoms with Crippen molar-refractivity contribution in [2.24, 2.45) is 0 Å². The maximum atomic E-state index is 12.1. The van der Waals surface area contributed by atoms with Gasteiger partial charge in [-0.2, -0.15) is 4.98 Å². The number of carbonyl (C=O) groups is 1. The number of carbonyl (C=O) groups excluding carboxylic acids is 1. The second kappa shape index (κ2) is 6.02. The van der Waals surface area contributed by atoms with Crippen molar-refractivity contribution in [3.63, 3.8) is 0 Å². The van der Waals surface area contributed by atoms with Crippen molar-refractivity contribution in [1.29, 1.82) is 0 Å². The Kier molecular flexibility index (Phi) is 3.69. The highest BCUT2D eigenvalue weighted by Crippen LogP contribution is 2.19. The van der Waals surface area contributed by atoms with Crippen LogP contribution in [0.1, 0.15) is 27.0 Å². The zero-order chi connectivity index (χ0) is 17.4. The normalized spacial score (nSPS) is 11.1. The fourth-order valence-corrected chi connectivity index (χ4v) is 2.86. The number of hydrogen-bond donors (Lipinski definition) is 1. The van der Waals surface area contributed by atoms with Gasteiger partial charge in [-0.1, -0.05) is 9.64 Å². The summed E-state index contributed by atoms with van der Waals surface area (Å²) in [5.41, 5.74) is 1.98. The molecular formula is C14H12N8O2S. The molecule has 0 aliphatic carbocycles. The first kappa shape index (κ1) is 15.3. The molecule has 0 unspecified atom stereocenters. The molecule has 0 saturated heterocycles. The zero-order valence-electron chi connectivity index (χ0n) is 13.3. The van der Waals surface area contributed by atoms with Gasteiger partial charge in [-0.25, -0.2) is 0 Å². The monoisotopic (exact) mass is 356 g/mol. The van der Waals surface area contributed by atoms with Gasteiger partial charge >= 0.3 is 0 Å². The Bertz CT molecular complexity index is 1070. The molecule has 4 rings (SSSR count). The standard InChI is InChI=1S/C14H12N8O2S/c1-7-12(25-21-17-7)13(23)15-6-11-19-18-10-5-9(3-4-22(10)11)14-16-8(2)20-24-14/h3-5H,6H2,1-2H3,(H,15,23). The molecule has 0 fully saturated rings. The van der Waals surface area contributed by atoms with E-state index in [4.69, 9.17) is 4.52 Å². The molecule has 0 saturated carbocycles. The summed E-state index contributed by atoms with van der Waals surface area (Å²) in [5, 5.41) is 18.6. The molecule has 0 aromatic carbocycles. The van der Waals surface area contributed by atoms with E-state index >= 15 is 0 Å². The first-order chi connectivity index (χ1) is 12.1. The Morgan fingerprint density at radius 1 is 1.32 bits per heavy atom. The summed E-state index contributed by atoms with van der Waals surface area (Å²) in [6.45, 7) is 3.73. The molecule has 0 spiro atoms. The van der Waals surface area contributed by atoms with E-state index in [1.807, 2.05) is 6.07 Å². The zero-order valence-corrected chi connectivity index (χ0v) is 14.1. The predicted octanol–water partition coefficient (Wildman–Crippen LogP) is 1.18. The van der Waals surface area contributed by atoms with Crippen LogP contribution in [0, 0.1) is 13.8 Å². The first-order valence-electron chi connectivity index (χ1n) is 7.33. The highest BCUT2D eigenvalue weighted by molar-refractivity contribution is 7.07. The van der Waals surface area contributed by atoms with Crippen LogP contribution in [-0.4, -0.2) is 40.2 Å². The summed E-state index contributed by atoms with van der Waals surface area (Å²) in [6, 6.07) is 3.62. The fraction of sp³-hybridized carbons (Fsp3) is 0.214. The van der Waals surface area contributed by atoms with Gasteiger partial charge in [0, 0.05) is 11.8 Å². The average Bonchev–Trinajstić information content (AvgIpc) is 3.32. The third-order valence-electron chi connectivity index (χ3n) is 3.52. The van der Waals surface area contributed by atoms with Crippen molar-refractivity contribution in [2.45, 2.75) is 20.4 Å². The second-order valence-electron chi connectivity index (χ2n) is 5.28. The number of pyridine rings is 1. The summed E-state index contributed by atoms with van der Waals surface area (Å²) in [7, 11) is 0. The van der Waals surface area contributed by atoms with Crippen LogP contribution in [-0.2, 0) is 6.54 Å². The molecular weight excluding hydrogens is 344 g/mol. The number of amides is 1. The molecule has 11 heteroatoms. The fourth-order valence-electron chi connectivity index (χ4n) is 2.29. The van der Waals surface area contributed by atoms with E-state index in [9.17, 15) is 4.79 Å². The van der Waals surface area contributed by atoms with E-state index in [1.54, 1.807) is 30.5 Å². The molecule has 1 amide bonds. The van der Waals surface area contributed by atoms with Gasteiger partial charge in [0.05, 0.1) is 12.2 Å². The number of nitrogens with zero attached hydrogens (tertiary/aromatic N) is 7. The number of hydrogen-bond acceptors (Lipinski definition) is 9. The van der Waals surface area contributed by atoms with E-state index in [-0.39, 0.29) is 12.5 Å². The van der Waals surface area contributed by atoms with E-state index < -0.39 is 0 Å². The minimum atomic E-state index is -0.234. The second-order valence-corrected chi connectivity index (χ2v) is 6.03. The Morgan fingerprint density at radius 3 is 2.92 bits per heavy atom. The van der Waals surface area contributed by atoms with Gasteiger partial charge in [-0.15, -0.1) is 15.3 Å². The SMILES string of the molecule is Cc1noc(-c2ccn3c(CNC(=O)c4snnc4C)nnc3c2)n1. The van der Waals surface area contributed by atoms with Crippen molar-refractivity contribution in [2.75, 3.05) is 0 Å². The average molecular weight is 356 g/mol. The third kappa shape index (κ3) is 2.85. The van der Waals surface area contributed by atoms with Gasteiger partial charge in [0.15, 0.2) is 17.3 Å². The van der Waals surface area contributed by atoms with Crippen LogP contribution in [0.3, 0.4) is 0 Å². The number of nitrogens with one attached hydrogen (secondary N) is 1. The van der Waals surface area contributed by atoms with Crippen LogP contribution in [0.2, 0.25) is 0 Å². The van der Waals surface area contributed by atoms with Gasteiger partial charge in [-0.05, 0) is 37.5 Å². The molecule has 1 N–H and O–H groups in total. The molecule has 25 heavy (non-hydrogen) atoms. The summed E-state index contributed by atoms with van der Waals surface area (Å²) >= 11 is 1.06. The lowest BCUT2D eigenvalue weighted by atomic mass is 10.2. The lowest BCUT2D eigenvalue weighted by Crippen LogP contribution is -2.23. The van der Waals surface area contributed by atoms with Crippen molar-refractivity contribution in [3.8, 4) is 11.5 Å². The van der Waals surface area contributed by atoms with Crippen molar-refractivity contribution < 1.29 is 9.32 Å². The minimum absolute atomic E-state index is 0.232. The van der Waals surface area contributed by atoms with Crippen LogP contribution >= 0.6 is 11.5 Å². The molecule has 0 radical (unpaired) electrons. The number of fused-ring (bicyclic) bond motifs is 1. The molecule has 10 nitrogen and oxygen atoms in total. The maximum absolute atomic E-state index is 12.1. The Labute approximate surface area is 145 Å². The lowest BCUT2D eigenvalue weighted by molar-refractivity contribution is 0.0953. The molecule has 4 heterocycles. The van der Waals surface area contributed by atoms with E-state index in [0.717, 1.165) is 17.1 Å². The molecule has 4 aromatic rings. The number of rotatable bonds is 4. The lowest BCUT2D eigenvalue weighted by Gasteiger charge is -2.03. The molecule has 0 aliphatic rings. The van der Waals surface area contributed by atoms with Crippen LogP contribution in [0.4, 0.5) is 0 Å². The van der Waals surface area contributed by atoms with E-state index in [1.165, 1.54) is 0 Å². The molecule has 0 aliphatic heterocycles. The molecule has 4 aromatic heterocycles. The maximum Gasteiger partial charge on any atom is 0.265 e. The summed E-state index contributed by atoms with van der Waals surface area (Å²) in [5.74, 6) is 1.35. The van der Waals surface area contributed by atoms with Crippen LogP contribution in [0.25, 0.3) is 17.1 Å². The minimum Gasteiger partial charge on any atom is -0.344 e. The van der Waals surface area contributed by atoms with Gasteiger partial charge in [0.2, 0.25) is 0 Å². The van der Waals surface area contributed by atoms with Crippen LogP contribution < -0.4 is 5.32 Å². The van der Waals surface area contributed by atoms with Crippen LogP contribution in [0.15, 0.2) is 22.9 Å². The van der Waals surface area contributed by atoms with Gasteiger partial charge < -0.3 is 9.84 Å². The summed E-state index contributed by atoms with van der Waals surface area (Å²) in [6.07, 6.45) is 1.80. The largest absolute Gasteiger partial charge is 0.344 e. The van der Waals surface area contributed by atoms with Crippen molar-refractivity contribution in [3.05, 3.63) is 40.5 Å².